The van der Waals surface area contributed by atoms with Crippen LogP contribution in [0, 0.1) is 5.92 Å². The van der Waals surface area contributed by atoms with E-state index in [2.05, 4.69) is 5.32 Å². The van der Waals surface area contributed by atoms with Crippen molar-refractivity contribution < 1.29 is 19.4 Å². The summed E-state index contributed by atoms with van der Waals surface area (Å²) in [6.07, 6.45) is 2.80. The van der Waals surface area contributed by atoms with Gasteiger partial charge in [-0.05, 0) is 32.1 Å². The molecule has 1 amide bonds. The lowest BCUT2D eigenvalue weighted by atomic mass is 10.1. The Morgan fingerprint density at radius 2 is 2.06 bits per heavy atom. The van der Waals surface area contributed by atoms with Crippen LogP contribution in [0.5, 0.6) is 0 Å². The molecule has 0 aromatic rings. The van der Waals surface area contributed by atoms with Crippen LogP contribution < -0.4 is 11.1 Å². The maximum Gasteiger partial charge on any atom is 0.332 e. The standard InChI is InChI=1S/C12H20N2O4/c13-8-2-1-7(5-8)11(15)14-6-9-3-4-10(18-9)12(16)17/h7-10H,1-6,13H2,(H,14,15)(H,16,17). The van der Waals surface area contributed by atoms with E-state index < -0.39 is 12.1 Å². The average molecular weight is 256 g/mol. The molecule has 4 atom stereocenters. The Morgan fingerprint density at radius 3 is 2.61 bits per heavy atom. The zero-order valence-corrected chi connectivity index (χ0v) is 10.3. The molecule has 18 heavy (non-hydrogen) atoms. The number of carbonyl (C=O) groups excluding carboxylic acids is 1. The first-order chi connectivity index (χ1) is 8.56. The number of carbonyl (C=O) groups is 2. The van der Waals surface area contributed by atoms with E-state index in [9.17, 15) is 9.59 Å². The summed E-state index contributed by atoms with van der Waals surface area (Å²) in [4.78, 5) is 22.5. The Kier molecular flexibility index (Phi) is 4.19. The molecule has 0 aromatic heterocycles. The van der Waals surface area contributed by atoms with E-state index >= 15 is 0 Å². The van der Waals surface area contributed by atoms with Crippen molar-refractivity contribution in [3.05, 3.63) is 0 Å². The van der Waals surface area contributed by atoms with E-state index in [0.29, 0.717) is 19.4 Å². The quantitative estimate of drug-likeness (QED) is 0.650. The van der Waals surface area contributed by atoms with Crippen molar-refractivity contribution in [2.24, 2.45) is 11.7 Å². The molecule has 1 saturated carbocycles. The summed E-state index contributed by atoms with van der Waals surface area (Å²) in [6, 6.07) is 0.139. The van der Waals surface area contributed by atoms with Gasteiger partial charge in [0.25, 0.3) is 0 Å². The first kappa shape index (κ1) is 13.3. The van der Waals surface area contributed by atoms with Crippen LogP contribution in [-0.4, -0.2) is 41.8 Å². The fourth-order valence-electron chi connectivity index (χ4n) is 2.65. The predicted molar refractivity (Wildman–Crippen MR) is 63.9 cm³/mol. The highest BCUT2D eigenvalue weighted by Gasteiger charge is 2.32. The molecule has 2 rings (SSSR count). The van der Waals surface area contributed by atoms with Gasteiger partial charge in [-0.15, -0.1) is 0 Å². The molecule has 6 nitrogen and oxygen atoms in total. The van der Waals surface area contributed by atoms with Crippen LogP contribution >= 0.6 is 0 Å². The van der Waals surface area contributed by atoms with Crippen molar-refractivity contribution >= 4 is 11.9 Å². The number of amides is 1. The lowest BCUT2D eigenvalue weighted by Gasteiger charge is -2.15. The molecule has 2 fully saturated rings. The number of carboxylic acid groups (broad SMARTS) is 1. The van der Waals surface area contributed by atoms with Gasteiger partial charge in [0.05, 0.1) is 6.10 Å². The molecule has 1 aliphatic heterocycles. The van der Waals surface area contributed by atoms with Crippen LogP contribution in [0.15, 0.2) is 0 Å². The van der Waals surface area contributed by atoms with Gasteiger partial charge >= 0.3 is 5.97 Å². The highest BCUT2D eigenvalue weighted by Crippen LogP contribution is 2.24. The van der Waals surface area contributed by atoms with Crippen LogP contribution in [-0.2, 0) is 14.3 Å². The second-order valence-electron chi connectivity index (χ2n) is 5.18. The lowest BCUT2D eigenvalue weighted by molar-refractivity contribution is -0.149. The normalized spacial score (nSPS) is 35.6. The van der Waals surface area contributed by atoms with Crippen molar-refractivity contribution in [2.45, 2.75) is 50.4 Å². The molecule has 102 valence electrons. The number of nitrogens with two attached hydrogens (primary N) is 1. The highest BCUT2D eigenvalue weighted by atomic mass is 16.5. The summed E-state index contributed by atoms with van der Waals surface area (Å²) in [5, 5.41) is 11.6. The number of nitrogens with one attached hydrogen (secondary N) is 1. The van der Waals surface area contributed by atoms with E-state index in [1.807, 2.05) is 0 Å². The van der Waals surface area contributed by atoms with Crippen LogP contribution in [0.2, 0.25) is 0 Å². The third-order valence-corrected chi connectivity index (χ3v) is 3.73. The fourth-order valence-corrected chi connectivity index (χ4v) is 2.65. The van der Waals surface area contributed by atoms with Crippen LogP contribution in [0.4, 0.5) is 0 Å². The SMILES string of the molecule is NC1CCC(C(=O)NCC2CCC(C(=O)O)O2)C1. The van der Waals surface area contributed by atoms with E-state index in [1.54, 1.807) is 0 Å². The van der Waals surface area contributed by atoms with Crippen molar-refractivity contribution in [3.63, 3.8) is 0 Å². The molecule has 0 spiro atoms. The van der Waals surface area contributed by atoms with Gasteiger partial charge in [-0.1, -0.05) is 0 Å². The zero-order chi connectivity index (χ0) is 13.1. The maximum absolute atomic E-state index is 11.8. The van der Waals surface area contributed by atoms with Gasteiger partial charge in [0, 0.05) is 18.5 Å². The van der Waals surface area contributed by atoms with Crippen molar-refractivity contribution in [2.75, 3.05) is 6.54 Å². The number of hydrogen-bond acceptors (Lipinski definition) is 4. The second kappa shape index (κ2) is 5.67. The number of aliphatic carboxylic acids is 1. The molecule has 4 unspecified atom stereocenters. The summed E-state index contributed by atoms with van der Waals surface area (Å²) >= 11 is 0. The summed E-state index contributed by atoms with van der Waals surface area (Å²) in [5.74, 6) is -0.896. The van der Waals surface area contributed by atoms with Crippen LogP contribution in [0.3, 0.4) is 0 Å². The average Bonchev–Trinajstić information content (AvgIpc) is 2.94. The van der Waals surface area contributed by atoms with Gasteiger partial charge in [-0.25, -0.2) is 4.79 Å². The monoisotopic (exact) mass is 256 g/mol. The third kappa shape index (κ3) is 3.20. The molecular weight excluding hydrogens is 236 g/mol. The van der Waals surface area contributed by atoms with E-state index in [4.69, 9.17) is 15.6 Å². The molecule has 1 heterocycles. The fraction of sp³-hybridized carbons (Fsp3) is 0.833. The van der Waals surface area contributed by atoms with Gasteiger partial charge in [-0.2, -0.15) is 0 Å². The molecule has 0 radical (unpaired) electrons. The third-order valence-electron chi connectivity index (χ3n) is 3.73. The molecule has 4 N–H and O–H groups in total. The van der Waals surface area contributed by atoms with Gasteiger partial charge in [0.1, 0.15) is 0 Å². The molecule has 1 saturated heterocycles. The molecule has 2 aliphatic rings. The van der Waals surface area contributed by atoms with Gasteiger partial charge < -0.3 is 20.9 Å². The Balaban J connectivity index is 1.69. The number of ether oxygens (including phenoxy) is 1. The van der Waals surface area contributed by atoms with Gasteiger partial charge in [-0.3, -0.25) is 4.79 Å². The number of rotatable bonds is 4. The van der Waals surface area contributed by atoms with E-state index in [0.717, 1.165) is 19.3 Å². The summed E-state index contributed by atoms with van der Waals surface area (Å²) < 4.78 is 5.32. The predicted octanol–water partition coefficient (Wildman–Crippen LogP) is -0.138. The smallest absolute Gasteiger partial charge is 0.332 e. The second-order valence-corrected chi connectivity index (χ2v) is 5.18. The first-order valence-electron chi connectivity index (χ1n) is 6.48. The summed E-state index contributed by atoms with van der Waals surface area (Å²) in [5.41, 5.74) is 5.76. The minimum atomic E-state index is -0.925. The Labute approximate surface area is 106 Å². The summed E-state index contributed by atoms with van der Waals surface area (Å²) in [6.45, 7) is 0.397. The van der Waals surface area contributed by atoms with E-state index in [1.165, 1.54) is 0 Å². The Bertz CT molecular complexity index is 334. The Hall–Kier alpha value is -1.14. The zero-order valence-electron chi connectivity index (χ0n) is 10.3. The molecule has 0 aromatic carbocycles. The van der Waals surface area contributed by atoms with Crippen molar-refractivity contribution in [3.8, 4) is 0 Å². The molecule has 6 heteroatoms. The lowest BCUT2D eigenvalue weighted by Crippen LogP contribution is -2.36. The largest absolute Gasteiger partial charge is 0.479 e. The summed E-state index contributed by atoms with van der Waals surface area (Å²) in [7, 11) is 0. The van der Waals surface area contributed by atoms with Crippen LogP contribution in [0.25, 0.3) is 0 Å². The van der Waals surface area contributed by atoms with Gasteiger partial charge in [0.15, 0.2) is 6.10 Å². The molecule has 1 aliphatic carbocycles. The maximum atomic E-state index is 11.8. The minimum Gasteiger partial charge on any atom is -0.479 e. The first-order valence-corrected chi connectivity index (χ1v) is 6.48. The van der Waals surface area contributed by atoms with Crippen LogP contribution in [0.1, 0.15) is 32.1 Å². The van der Waals surface area contributed by atoms with Crippen molar-refractivity contribution in [1.29, 1.82) is 0 Å². The topological polar surface area (TPSA) is 102 Å². The van der Waals surface area contributed by atoms with E-state index in [-0.39, 0.29) is 24.0 Å². The Morgan fingerprint density at radius 1 is 1.28 bits per heavy atom. The minimum absolute atomic E-state index is 0.0108. The highest BCUT2D eigenvalue weighted by molar-refractivity contribution is 5.79. The molecular formula is C12H20N2O4. The molecule has 0 bridgehead atoms. The van der Waals surface area contributed by atoms with Gasteiger partial charge in [0.2, 0.25) is 5.91 Å². The number of hydrogen-bond donors (Lipinski definition) is 3. The van der Waals surface area contributed by atoms with Crippen molar-refractivity contribution in [1.82, 2.24) is 5.32 Å². The number of carboxylic acids is 1.